The van der Waals surface area contributed by atoms with Gasteiger partial charge in [-0.2, -0.15) is 0 Å². The number of benzene rings is 8. The molecule has 8 heteroatoms. The first-order valence-electron chi connectivity index (χ1n) is 34.1. The lowest BCUT2D eigenvalue weighted by Crippen LogP contribution is -2.14. The van der Waals surface area contributed by atoms with Crippen molar-refractivity contribution in [3.8, 4) is 45.3 Å². The highest BCUT2D eigenvalue weighted by Gasteiger charge is 2.21. The lowest BCUT2D eigenvalue weighted by atomic mass is 9.97. The summed E-state index contributed by atoms with van der Waals surface area (Å²) in [5.74, 6) is 4.57. The molecule has 4 unspecified atom stereocenters. The van der Waals surface area contributed by atoms with E-state index in [9.17, 15) is 9.59 Å². The fourth-order valence-corrected chi connectivity index (χ4v) is 11.6. The lowest BCUT2D eigenvalue weighted by Gasteiger charge is -2.26. The van der Waals surface area contributed by atoms with Crippen molar-refractivity contribution < 1.29 is 28.5 Å². The third kappa shape index (κ3) is 19.5. The second-order valence-electron chi connectivity index (χ2n) is 24.5. The van der Waals surface area contributed by atoms with Gasteiger partial charge < -0.3 is 28.7 Å². The summed E-state index contributed by atoms with van der Waals surface area (Å²) < 4.78 is 25.3. The summed E-state index contributed by atoms with van der Waals surface area (Å²) in [4.78, 5) is 32.1. The van der Waals surface area contributed by atoms with Gasteiger partial charge in [-0.25, -0.2) is 0 Å². The van der Waals surface area contributed by atoms with Gasteiger partial charge in [0.2, 0.25) is 11.6 Å². The Hall–Kier alpha value is -8.10. The number of unbranched alkanes of at least 4 members (excludes halogenated alkanes) is 4. The van der Waals surface area contributed by atoms with Crippen LogP contribution < -0.4 is 28.7 Å². The Balaban J connectivity index is 0.941. The van der Waals surface area contributed by atoms with Gasteiger partial charge in [0.05, 0.1) is 26.4 Å². The van der Waals surface area contributed by atoms with Crippen LogP contribution in [-0.2, 0) is 0 Å². The molecule has 8 rings (SSSR count). The Labute approximate surface area is 540 Å². The lowest BCUT2D eigenvalue weighted by molar-refractivity contribution is 0.0817. The third-order valence-corrected chi connectivity index (χ3v) is 17.9. The van der Waals surface area contributed by atoms with E-state index in [-0.39, 0.29) is 0 Å². The number of anilines is 6. The summed E-state index contributed by atoms with van der Waals surface area (Å²) in [6.45, 7) is 20.8. The van der Waals surface area contributed by atoms with Crippen LogP contribution >= 0.6 is 0 Å². The van der Waals surface area contributed by atoms with Crippen molar-refractivity contribution in [2.45, 2.75) is 158 Å². The molecule has 90 heavy (non-hydrogen) atoms. The number of carbonyl (C=O) groups excluding carboxylic acids is 2. The van der Waals surface area contributed by atoms with E-state index in [0.717, 1.165) is 131 Å². The Morgan fingerprint density at radius 3 is 0.656 bits per heavy atom. The molecule has 0 aliphatic rings. The van der Waals surface area contributed by atoms with Crippen LogP contribution in [0.2, 0.25) is 0 Å². The van der Waals surface area contributed by atoms with Crippen LogP contribution in [0.4, 0.5) is 34.1 Å². The highest BCUT2D eigenvalue weighted by atomic mass is 16.5. The molecule has 0 amide bonds. The van der Waals surface area contributed by atoms with E-state index in [0.29, 0.717) is 34.8 Å². The van der Waals surface area contributed by atoms with E-state index in [1.54, 1.807) is 24.3 Å². The second kappa shape index (κ2) is 35.9. The summed E-state index contributed by atoms with van der Waals surface area (Å²) >= 11 is 0. The molecule has 0 aliphatic carbocycles. The molecule has 0 heterocycles. The first kappa shape index (κ1) is 67.8. The molecule has 0 radical (unpaired) electrons. The number of rotatable bonds is 39. The van der Waals surface area contributed by atoms with Crippen LogP contribution in [0.1, 0.15) is 179 Å². The number of nitrogens with zero attached hydrogens (tertiary/aromatic N) is 2. The second-order valence-corrected chi connectivity index (χ2v) is 24.5. The molecule has 8 aromatic carbocycles. The van der Waals surface area contributed by atoms with E-state index in [2.05, 4.69) is 211 Å². The van der Waals surface area contributed by atoms with Crippen molar-refractivity contribution in [2.24, 2.45) is 23.7 Å². The van der Waals surface area contributed by atoms with E-state index in [1.165, 1.54) is 77.0 Å². The largest absolute Gasteiger partial charge is 0.493 e. The average Bonchev–Trinajstić information content (AvgIpc) is 0.923. The molecule has 0 saturated carbocycles. The van der Waals surface area contributed by atoms with Crippen molar-refractivity contribution >= 4 is 45.7 Å². The minimum atomic E-state index is -0.547. The van der Waals surface area contributed by atoms with Crippen LogP contribution in [-0.4, -0.2) is 38.0 Å². The Kier molecular flexibility index (Phi) is 27.1. The van der Waals surface area contributed by atoms with Gasteiger partial charge in [-0.3, -0.25) is 9.59 Å². The molecule has 0 spiro atoms. The summed E-state index contributed by atoms with van der Waals surface area (Å²) in [5.41, 5.74) is 10.6. The topological polar surface area (TPSA) is 77.5 Å². The van der Waals surface area contributed by atoms with Gasteiger partial charge in [0.1, 0.15) is 23.0 Å². The minimum absolute atomic E-state index is 0.345. The monoisotopic (exact) mass is 1210 g/mol. The van der Waals surface area contributed by atoms with Crippen molar-refractivity contribution in [2.75, 3.05) is 36.2 Å². The van der Waals surface area contributed by atoms with Crippen LogP contribution in [0.3, 0.4) is 0 Å². The van der Waals surface area contributed by atoms with Gasteiger partial charge in [-0.1, -0.05) is 205 Å². The van der Waals surface area contributed by atoms with E-state index in [4.69, 9.17) is 18.9 Å². The SMILES string of the molecule is CCCCC(CC)COc1ccc(N(c2ccc(OCC(CC)CCCC)cc2)c2ccc(-c3ccc(C(=O)C(=O)c4ccc(-c5ccc(N(c6ccc(OCC(CC)CCCC)cc6)c6ccc(OCC(CC)CCCC)cc6)cc5)cc4)cc3)cc2)cc1. The van der Waals surface area contributed by atoms with Crippen LogP contribution in [0, 0.1) is 23.7 Å². The van der Waals surface area contributed by atoms with Gasteiger partial charge in [0.25, 0.3) is 0 Å². The number of hydrogen-bond acceptors (Lipinski definition) is 8. The molecule has 0 aromatic heterocycles. The predicted octanol–water partition coefficient (Wildman–Crippen LogP) is 23.4. The summed E-state index contributed by atoms with van der Waals surface area (Å²) in [5, 5.41) is 0. The van der Waals surface area contributed by atoms with Crippen molar-refractivity contribution in [3.05, 3.63) is 205 Å². The number of ketones is 2. The van der Waals surface area contributed by atoms with Gasteiger partial charge in [-0.15, -0.1) is 0 Å². The standard InChI is InChI=1S/C82H100N2O6/c1-9-17-21-61(13-5)57-87-77-49-41-73(42-50-77)83(74-43-51-78(52-44-74)88-58-62(14-6)22-18-10-2)71-37-33-67(34-38-71)65-25-29-69(30-26-65)81(85)82(86)70-31-27-66(28-32-70)68-35-39-72(40-36-68)84(75-45-53-79(54-46-75)89-59-63(15-7)23-19-11-3)76-47-55-80(56-48-76)90-60-64(16-8)24-20-12-4/h25-56,61-64H,9-24,57-60H2,1-8H3. The Bertz CT molecular complexity index is 2990. The summed E-state index contributed by atoms with van der Waals surface area (Å²) in [7, 11) is 0. The molecule has 0 aliphatic heterocycles. The molecule has 0 saturated heterocycles. The average molecular weight is 1210 g/mol. The van der Waals surface area contributed by atoms with Crippen LogP contribution in [0.5, 0.6) is 23.0 Å². The van der Waals surface area contributed by atoms with E-state index in [1.807, 2.05) is 24.3 Å². The zero-order valence-corrected chi connectivity index (χ0v) is 55.3. The van der Waals surface area contributed by atoms with Crippen LogP contribution in [0.15, 0.2) is 194 Å². The normalized spacial score (nSPS) is 12.6. The van der Waals surface area contributed by atoms with Crippen molar-refractivity contribution in [3.63, 3.8) is 0 Å². The zero-order valence-electron chi connectivity index (χ0n) is 55.3. The molecule has 0 fully saturated rings. The molecule has 0 N–H and O–H groups in total. The summed E-state index contributed by atoms with van der Waals surface area (Å²) in [6, 6.07) is 65.1. The van der Waals surface area contributed by atoms with Crippen LogP contribution in [0.25, 0.3) is 22.3 Å². The quantitative estimate of drug-likeness (QED) is 0.0279. The number of hydrogen-bond donors (Lipinski definition) is 0. The maximum atomic E-state index is 13.8. The smallest absolute Gasteiger partial charge is 0.233 e. The maximum absolute atomic E-state index is 13.8. The van der Waals surface area contributed by atoms with Gasteiger partial charge in [0.15, 0.2) is 0 Å². The first-order chi connectivity index (χ1) is 44.1. The molecule has 474 valence electrons. The molecule has 0 bridgehead atoms. The number of carbonyl (C=O) groups is 2. The van der Waals surface area contributed by atoms with Gasteiger partial charge in [0, 0.05) is 45.3 Å². The highest BCUT2D eigenvalue weighted by Crippen LogP contribution is 2.40. The third-order valence-electron chi connectivity index (χ3n) is 17.9. The van der Waals surface area contributed by atoms with Crippen molar-refractivity contribution in [1.29, 1.82) is 0 Å². The predicted molar refractivity (Wildman–Crippen MR) is 377 cm³/mol. The Morgan fingerprint density at radius 2 is 0.467 bits per heavy atom. The zero-order chi connectivity index (χ0) is 63.5. The maximum Gasteiger partial charge on any atom is 0.233 e. The molecular formula is C82H100N2O6. The van der Waals surface area contributed by atoms with Gasteiger partial charge in [-0.05, 0) is 193 Å². The fraction of sp³-hybridized carbons (Fsp3) is 0.390. The molecular weight excluding hydrogens is 1110 g/mol. The number of ether oxygens (including phenoxy) is 4. The van der Waals surface area contributed by atoms with Crippen molar-refractivity contribution in [1.82, 2.24) is 0 Å². The highest BCUT2D eigenvalue weighted by molar-refractivity contribution is 6.49. The summed E-state index contributed by atoms with van der Waals surface area (Å²) in [6.07, 6.45) is 18.8. The molecule has 8 nitrogen and oxygen atoms in total. The van der Waals surface area contributed by atoms with Gasteiger partial charge >= 0.3 is 0 Å². The number of Topliss-reactive ketones (excluding diaryl/α,β-unsaturated/α-hetero) is 2. The molecule has 4 atom stereocenters. The van der Waals surface area contributed by atoms with E-state index >= 15 is 0 Å². The van der Waals surface area contributed by atoms with E-state index < -0.39 is 11.6 Å². The molecule has 8 aromatic rings. The Morgan fingerprint density at radius 1 is 0.278 bits per heavy atom. The minimum Gasteiger partial charge on any atom is -0.493 e. The first-order valence-corrected chi connectivity index (χ1v) is 34.1. The fourth-order valence-electron chi connectivity index (χ4n) is 11.6.